The molecule has 10 heteroatoms. The second-order valence-electron chi connectivity index (χ2n) is 15.1. The highest BCUT2D eigenvalue weighted by atomic mass is 31.2. The van der Waals surface area contributed by atoms with Crippen LogP contribution in [0.1, 0.15) is 155 Å². The van der Waals surface area contributed by atoms with Crippen LogP contribution in [-0.4, -0.2) is 74.9 Å². The molecule has 0 aliphatic heterocycles. The molecular formula is C44H79NO8P+. The van der Waals surface area contributed by atoms with Crippen LogP contribution in [0.4, 0.5) is 0 Å². The summed E-state index contributed by atoms with van der Waals surface area (Å²) in [6.45, 7) is 4.22. The summed E-state index contributed by atoms with van der Waals surface area (Å²) in [5.74, 6) is -0.836. The Kier molecular flexibility index (Phi) is 34.8. The molecule has 0 radical (unpaired) electrons. The summed E-state index contributed by atoms with van der Waals surface area (Å²) in [4.78, 5) is 35.3. The molecule has 0 bridgehead atoms. The van der Waals surface area contributed by atoms with Gasteiger partial charge in [-0.2, -0.15) is 0 Å². The first kappa shape index (κ1) is 51.7. The fourth-order valence-corrected chi connectivity index (χ4v) is 6.05. The van der Waals surface area contributed by atoms with E-state index in [-0.39, 0.29) is 26.1 Å². The first-order chi connectivity index (χ1) is 26.0. The Morgan fingerprint density at radius 3 is 1.63 bits per heavy atom. The molecular weight excluding hydrogens is 701 g/mol. The maximum absolute atomic E-state index is 12.7. The van der Waals surface area contributed by atoms with E-state index in [1.165, 1.54) is 51.4 Å². The standard InChI is InChI=1S/C44H78NO8P/c1-6-8-10-12-14-16-18-20-22-24-26-28-30-32-34-36-43(46)50-40-42(41-52-54(48,49)51-39-38-45(3,4)5)53-44(47)37-35-33-31-29-27-25-23-21-19-17-15-13-11-9-7-2/h8,10,12,14,16-20,22,42H,6-7,9,11,13,15,21,23-41H2,1-5H3/p+1/b10-8+,14-12+,18-16+,19-17+,22-20+/t42-/m1/s1. The number of quaternary nitrogens is 1. The van der Waals surface area contributed by atoms with Crippen molar-refractivity contribution in [2.24, 2.45) is 0 Å². The SMILES string of the molecule is CC/C=C/C=C/C=C/C=C/CCCCCCCC(=O)OC[C@H](COP(=O)(O)OCC[N+](C)(C)C)OC(=O)CCCCCCCCC/C=C/CCCCCC. The quantitative estimate of drug-likeness (QED) is 0.0166. The molecule has 0 aliphatic rings. The number of allylic oxidation sites excluding steroid dienone is 10. The van der Waals surface area contributed by atoms with Gasteiger partial charge in [0.1, 0.15) is 19.8 Å². The van der Waals surface area contributed by atoms with E-state index in [1.54, 1.807) is 0 Å². The van der Waals surface area contributed by atoms with E-state index in [4.69, 9.17) is 18.5 Å². The molecule has 0 aromatic rings. The topological polar surface area (TPSA) is 108 Å². The van der Waals surface area contributed by atoms with E-state index >= 15 is 0 Å². The average molecular weight is 781 g/mol. The van der Waals surface area contributed by atoms with Gasteiger partial charge in [0.05, 0.1) is 27.7 Å². The molecule has 0 spiro atoms. The van der Waals surface area contributed by atoms with Crippen LogP contribution in [0.5, 0.6) is 0 Å². The van der Waals surface area contributed by atoms with Gasteiger partial charge in [0, 0.05) is 12.8 Å². The van der Waals surface area contributed by atoms with E-state index in [2.05, 4.69) is 44.2 Å². The molecule has 2 atom stereocenters. The molecule has 0 aliphatic carbocycles. The monoisotopic (exact) mass is 781 g/mol. The van der Waals surface area contributed by atoms with Gasteiger partial charge < -0.3 is 18.9 Å². The number of phosphoric ester groups is 1. The van der Waals surface area contributed by atoms with E-state index in [0.717, 1.165) is 64.2 Å². The maximum Gasteiger partial charge on any atom is 0.472 e. The lowest BCUT2D eigenvalue weighted by Gasteiger charge is -2.24. The molecule has 312 valence electrons. The predicted molar refractivity (Wildman–Crippen MR) is 224 cm³/mol. The lowest BCUT2D eigenvalue weighted by Crippen LogP contribution is -2.37. The van der Waals surface area contributed by atoms with Crippen LogP contribution < -0.4 is 0 Å². The summed E-state index contributed by atoms with van der Waals surface area (Å²) in [6.07, 6.45) is 42.6. The largest absolute Gasteiger partial charge is 0.472 e. The van der Waals surface area contributed by atoms with E-state index in [9.17, 15) is 19.0 Å². The van der Waals surface area contributed by atoms with Gasteiger partial charge in [-0.1, -0.05) is 145 Å². The van der Waals surface area contributed by atoms with Crippen LogP contribution in [0.3, 0.4) is 0 Å². The fraction of sp³-hybridized carbons (Fsp3) is 0.727. The van der Waals surface area contributed by atoms with Crippen molar-refractivity contribution < 1.29 is 42.1 Å². The molecule has 0 amide bonds. The van der Waals surface area contributed by atoms with E-state index in [1.807, 2.05) is 51.5 Å². The fourth-order valence-electron chi connectivity index (χ4n) is 5.31. The van der Waals surface area contributed by atoms with Gasteiger partial charge in [-0.05, 0) is 57.8 Å². The van der Waals surface area contributed by atoms with Crippen LogP contribution in [0.2, 0.25) is 0 Å². The molecule has 0 heterocycles. The lowest BCUT2D eigenvalue weighted by molar-refractivity contribution is -0.870. The van der Waals surface area contributed by atoms with Gasteiger partial charge >= 0.3 is 19.8 Å². The summed E-state index contributed by atoms with van der Waals surface area (Å²) in [7, 11) is 1.45. The summed E-state index contributed by atoms with van der Waals surface area (Å²) >= 11 is 0. The van der Waals surface area contributed by atoms with E-state index in [0.29, 0.717) is 23.9 Å². The number of hydrogen-bond donors (Lipinski definition) is 1. The minimum Gasteiger partial charge on any atom is -0.462 e. The molecule has 0 saturated heterocycles. The van der Waals surface area contributed by atoms with Crippen molar-refractivity contribution in [3.63, 3.8) is 0 Å². The minimum absolute atomic E-state index is 0.0241. The van der Waals surface area contributed by atoms with Gasteiger partial charge in [-0.15, -0.1) is 0 Å². The van der Waals surface area contributed by atoms with Crippen molar-refractivity contribution in [2.75, 3.05) is 47.5 Å². The normalized spacial score (nSPS) is 14.3. The molecule has 9 nitrogen and oxygen atoms in total. The van der Waals surface area contributed by atoms with Crippen molar-refractivity contribution in [3.05, 3.63) is 60.8 Å². The molecule has 1 unspecified atom stereocenters. The van der Waals surface area contributed by atoms with Crippen molar-refractivity contribution in [1.29, 1.82) is 0 Å². The second kappa shape index (κ2) is 36.4. The van der Waals surface area contributed by atoms with Gasteiger partial charge in [-0.3, -0.25) is 18.6 Å². The number of nitrogens with zero attached hydrogens (tertiary/aromatic N) is 1. The Bertz CT molecular complexity index is 1110. The average Bonchev–Trinajstić information content (AvgIpc) is 3.12. The number of unbranched alkanes of at least 4 members (excludes halogenated alkanes) is 16. The lowest BCUT2D eigenvalue weighted by atomic mass is 10.1. The van der Waals surface area contributed by atoms with Crippen LogP contribution >= 0.6 is 7.82 Å². The third kappa shape index (κ3) is 39.4. The zero-order chi connectivity index (χ0) is 40.0. The highest BCUT2D eigenvalue weighted by Crippen LogP contribution is 2.43. The first-order valence-electron chi connectivity index (χ1n) is 21.1. The van der Waals surface area contributed by atoms with Crippen molar-refractivity contribution in [2.45, 2.75) is 161 Å². The smallest absolute Gasteiger partial charge is 0.462 e. The van der Waals surface area contributed by atoms with Crippen molar-refractivity contribution in [1.82, 2.24) is 0 Å². The number of esters is 2. The van der Waals surface area contributed by atoms with Crippen LogP contribution in [0.15, 0.2) is 60.8 Å². The Hall–Kier alpha value is -2.29. The third-order valence-corrected chi connectivity index (χ3v) is 9.61. The molecule has 0 fully saturated rings. The number of rotatable bonds is 37. The van der Waals surface area contributed by atoms with Crippen LogP contribution in [0, 0.1) is 0 Å². The summed E-state index contributed by atoms with van der Waals surface area (Å²) in [5, 5.41) is 0. The molecule has 0 aromatic carbocycles. The molecule has 1 N–H and O–H groups in total. The Morgan fingerprint density at radius 1 is 0.593 bits per heavy atom. The number of ether oxygens (including phenoxy) is 2. The second-order valence-corrected chi connectivity index (χ2v) is 16.5. The zero-order valence-electron chi connectivity index (χ0n) is 34.9. The Labute approximate surface area is 330 Å². The summed E-state index contributed by atoms with van der Waals surface area (Å²) < 4.78 is 34.2. The third-order valence-electron chi connectivity index (χ3n) is 8.63. The van der Waals surface area contributed by atoms with Gasteiger partial charge in [0.2, 0.25) is 0 Å². The highest BCUT2D eigenvalue weighted by Gasteiger charge is 2.27. The predicted octanol–water partition coefficient (Wildman–Crippen LogP) is 11.7. The van der Waals surface area contributed by atoms with Gasteiger partial charge in [0.15, 0.2) is 6.10 Å². The Balaban J connectivity index is 4.44. The van der Waals surface area contributed by atoms with E-state index < -0.39 is 32.5 Å². The number of carbonyl (C=O) groups is 2. The number of carbonyl (C=O) groups excluding carboxylic acids is 2. The van der Waals surface area contributed by atoms with Crippen LogP contribution in [-0.2, 0) is 32.7 Å². The van der Waals surface area contributed by atoms with Crippen molar-refractivity contribution >= 4 is 19.8 Å². The summed E-state index contributed by atoms with van der Waals surface area (Å²) in [6, 6.07) is 0. The summed E-state index contributed by atoms with van der Waals surface area (Å²) in [5.41, 5.74) is 0. The zero-order valence-corrected chi connectivity index (χ0v) is 35.8. The first-order valence-corrected chi connectivity index (χ1v) is 22.6. The highest BCUT2D eigenvalue weighted by molar-refractivity contribution is 7.47. The maximum atomic E-state index is 12.7. The molecule has 0 rings (SSSR count). The molecule has 0 aromatic heterocycles. The van der Waals surface area contributed by atoms with Gasteiger partial charge in [-0.25, -0.2) is 4.57 Å². The number of phosphoric acid groups is 1. The number of likely N-dealkylation sites (N-methyl/N-ethyl adjacent to an activating group) is 1. The van der Waals surface area contributed by atoms with Crippen molar-refractivity contribution in [3.8, 4) is 0 Å². The molecule has 54 heavy (non-hydrogen) atoms. The van der Waals surface area contributed by atoms with Crippen LogP contribution in [0.25, 0.3) is 0 Å². The Morgan fingerprint density at radius 2 is 1.07 bits per heavy atom. The minimum atomic E-state index is -4.38. The van der Waals surface area contributed by atoms with Gasteiger partial charge in [0.25, 0.3) is 0 Å². The number of hydrogen-bond acceptors (Lipinski definition) is 7. The molecule has 0 saturated carbocycles.